The van der Waals surface area contributed by atoms with Crippen molar-refractivity contribution in [2.75, 3.05) is 13.7 Å². The van der Waals surface area contributed by atoms with E-state index in [-0.39, 0.29) is 23.6 Å². The molecule has 1 aromatic carbocycles. The molecule has 8 heteroatoms. The van der Waals surface area contributed by atoms with Crippen LogP contribution < -0.4 is 4.74 Å². The molecule has 2 N–H and O–H groups in total. The van der Waals surface area contributed by atoms with Crippen LogP contribution in [0.25, 0.3) is 0 Å². The van der Waals surface area contributed by atoms with Crippen molar-refractivity contribution in [2.24, 2.45) is 0 Å². The number of ether oxygens (including phenoxy) is 1. The number of carbonyl (C=O) groups is 1. The van der Waals surface area contributed by atoms with E-state index < -0.39 is 28.1 Å². The molecule has 0 amide bonds. The fourth-order valence-electron chi connectivity index (χ4n) is 2.39. The molecule has 1 aromatic rings. The topological polar surface area (TPSA) is 104 Å². The molecule has 7 nitrogen and oxygen atoms in total. The van der Waals surface area contributed by atoms with Crippen molar-refractivity contribution in [2.45, 2.75) is 30.4 Å². The monoisotopic (exact) mass is 315 g/mol. The van der Waals surface area contributed by atoms with Gasteiger partial charge in [0, 0.05) is 13.0 Å². The summed E-state index contributed by atoms with van der Waals surface area (Å²) in [5, 5.41) is 18.8. The molecule has 0 aliphatic carbocycles. The average molecular weight is 315 g/mol. The summed E-state index contributed by atoms with van der Waals surface area (Å²) in [5.41, 5.74) is 0.709. The van der Waals surface area contributed by atoms with Gasteiger partial charge >= 0.3 is 5.97 Å². The van der Waals surface area contributed by atoms with Crippen LogP contribution >= 0.6 is 0 Å². The number of methoxy groups -OCH3 is 1. The van der Waals surface area contributed by atoms with Crippen molar-refractivity contribution in [1.29, 1.82) is 0 Å². The van der Waals surface area contributed by atoms with Crippen LogP contribution in [-0.2, 0) is 14.8 Å². The number of hydrogen-bond donors (Lipinski definition) is 2. The zero-order chi connectivity index (χ0) is 15.8. The lowest BCUT2D eigenvalue weighted by Crippen LogP contribution is -2.40. The first-order valence-electron chi connectivity index (χ1n) is 6.34. The van der Waals surface area contributed by atoms with Crippen molar-refractivity contribution in [3.8, 4) is 5.75 Å². The van der Waals surface area contributed by atoms with Crippen LogP contribution in [0.15, 0.2) is 23.1 Å². The molecule has 2 atom stereocenters. The van der Waals surface area contributed by atoms with Gasteiger partial charge in [-0.2, -0.15) is 4.31 Å². The van der Waals surface area contributed by atoms with Crippen LogP contribution in [0.1, 0.15) is 12.0 Å². The molecule has 0 spiro atoms. The third kappa shape index (κ3) is 2.87. The highest BCUT2D eigenvalue weighted by molar-refractivity contribution is 7.89. The van der Waals surface area contributed by atoms with Gasteiger partial charge in [0.1, 0.15) is 16.7 Å². The summed E-state index contributed by atoms with van der Waals surface area (Å²) in [6.45, 7) is 1.49. The summed E-state index contributed by atoms with van der Waals surface area (Å²) in [6, 6.07) is 3.38. The zero-order valence-electron chi connectivity index (χ0n) is 11.7. The first kappa shape index (κ1) is 15.7. The van der Waals surface area contributed by atoms with Gasteiger partial charge in [0.05, 0.1) is 13.2 Å². The van der Waals surface area contributed by atoms with Crippen LogP contribution in [0.4, 0.5) is 0 Å². The molecule has 0 saturated carbocycles. The van der Waals surface area contributed by atoms with Crippen molar-refractivity contribution in [3.63, 3.8) is 0 Å². The van der Waals surface area contributed by atoms with Gasteiger partial charge in [-0.05, 0) is 24.6 Å². The standard InChI is InChI=1S/C13H17NO6S/c1-8-3-4-11(20-2)12(5-8)21(18,19)14-7-9(15)6-10(14)13(16)17/h3-5,9-10,15H,6-7H2,1-2H3,(H,16,17)/t9-,10-/m0/s1. The molecule has 1 fully saturated rings. The highest BCUT2D eigenvalue weighted by atomic mass is 32.2. The highest BCUT2D eigenvalue weighted by Crippen LogP contribution is 2.32. The summed E-state index contributed by atoms with van der Waals surface area (Å²) >= 11 is 0. The maximum atomic E-state index is 12.7. The number of hydrogen-bond acceptors (Lipinski definition) is 5. The lowest BCUT2D eigenvalue weighted by Gasteiger charge is -2.22. The van der Waals surface area contributed by atoms with Crippen LogP contribution in [0.3, 0.4) is 0 Å². The van der Waals surface area contributed by atoms with E-state index in [1.807, 2.05) is 0 Å². The molecule has 116 valence electrons. The Hall–Kier alpha value is -1.64. The largest absolute Gasteiger partial charge is 0.495 e. The summed E-state index contributed by atoms with van der Waals surface area (Å²) in [5.74, 6) is -1.13. The van der Waals surface area contributed by atoms with E-state index in [0.717, 1.165) is 4.31 Å². The minimum Gasteiger partial charge on any atom is -0.495 e. The molecular formula is C13H17NO6S. The van der Waals surface area contributed by atoms with Gasteiger partial charge in [-0.1, -0.05) is 6.07 Å². The molecule has 21 heavy (non-hydrogen) atoms. The fraction of sp³-hybridized carbons (Fsp3) is 0.462. The molecule has 1 heterocycles. The van der Waals surface area contributed by atoms with Crippen molar-refractivity contribution >= 4 is 16.0 Å². The molecule has 1 aliphatic heterocycles. The second-order valence-electron chi connectivity index (χ2n) is 4.97. The second kappa shape index (κ2) is 5.63. The predicted octanol–water partition coefficient (Wildman–Crippen LogP) is 0.212. The normalized spacial score (nSPS) is 23.2. The van der Waals surface area contributed by atoms with Gasteiger partial charge in [-0.25, -0.2) is 8.42 Å². The van der Waals surface area contributed by atoms with Crippen LogP contribution in [0, 0.1) is 6.92 Å². The van der Waals surface area contributed by atoms with Gasteiger partial charge in [-0.15, -0.1) is 0 Å². The summed E-state index contributed by atoms with van der Waals surface area (Å²) in [4.78, 5) is 11.1. The van der Waals surface area contributed by atoms with Gasteiger partial charge < -0.3 is 14.9 Å². The Bertz CT molecular complexity index is 657. The molecule has 0 radical (unpaired) electrons. The number of rotatable bonds is 4. The predicted molar refractivity (Wildman–Crippen MR) is 73.7 cm³/mol. The average Bonchev–Trinajstić information content (AvgIpc) is 2.82. The first-order chi connectivity index (χ1) is 9.77. The minimum absolute atomic E-state index is 0.0923. The van der Waals surface area contributed by atoms with Gasteiger partial charge in [-0.3, -0.25) is 4.79 Å². The van der Waals surface area contributed by atoms with E-state index in [0.29, 0.717) is 5.56 Å². The number of nitrogens with zero attached hydrogens (tertiary/aromatic N) is 1. The number of aliphatic carboxylic acids is 1. The Balaban J connectivity index is 2.51. The van der Waals surface area contributed by atoms with Crippen molar-refractivity contribution in [3.05, 3.63) is 23.8 Å². The molecule has 1 aliphatic rings. The van der Waals surface area contributed by atoms with E-state index >= 15 is 0 Å². The number of carboxylic acid groups (broad SMARTS) is 1. The third-order valence-electron chi connectivity index (χ3n) is 3.42. The smallest absolute Gasteiger partial charge is 0.322 e. The van der Waals surface area contributed by atoms with Gasteiger partial charge in [0.15, 0.2) is 0 Å². The maximum absolute atomic E-state index is 12.7. The van der Waals surface area contributed by atoms with E-state index in [2.05, 4.69) is 0 Å². The second-order valence-corrected chi connectivity index (χ2v) is 6.83. The van der Waals surface area contributed by atoms with E-state index in [9.17, 15) is 18.3 Å². The number of sulfonamides is 1. The Morgan fingerprint density at radius 1 is 1.43 bits per heavy atom. The summed E-state index contributed by atoms with van der Waals surface area (Å²) < 4.78 is 31.3. The Kier molecular flexibility index (Phi) is 4.22. The summed E-state index contributed by atoms with van der Waals surface area (Å²) in [7, 11) is -2.72. The number of aliphatic hydroxyl groups is 1. The third-order valence-corrected chi connectivity index (χ3v) is 5.32. The molecule has 0 aromatic heterocycles. The first-order valence-corrected chi connectivity index (χ1v) is 7.78. The molecule has 0 unspecified atom stereocenters. The zero-order valence-corrected chi connectivity index (χ0v) is 12.5. The number of aryl methyl sites for hydroxylation is 1. The van der Waals surface area contributed by atoms with Crippen LogP contribution in [-0.4, -0.2) is 54.7 Å². The molecule has 0 bridgehead atoms. The van der Waals surface area contributed by atoms with E-state index in [1.165, 1.54) is 19.2 Å². The lowest BCUT2D eigenvalue weighted by molar-refractivity contribution is -0.140. The molecular weight excluding hydrogens is 298 g/mol. The van der Waals surface area contributed by atoms with Crippen LogP contribution in [0.5, 0.6) is 5.75 Å². The number of carboxylic acids is 1. The fourth-order valence-corrected chi connectivity index (χ4v) is 4.26. The van der Waals surface area contributed by atoms with Crippen molar-refractivity contribution < 1.29 is 28.2 Å². The maximum Gasteiger partial charge on any atom is 0.322 e. The van der Waals surface area contributed by atoms with Gasteiger partial charge in [0.25, 0.3) is 0 Å². The SMILES string of the molecule is COc1ccc(C)cc1S(=O)(=O)N1C[C@@H](O)C[C@H]1C(=O)O. The quantitative estimate of drug-likeness (QED) is 0.823. The van der Waals surface area contributed by atoms with E-state index in [1.54, 1.807) is 13.0 Å². The highest BCUT2D eigenvalue weighted by Gasteiger charge is 2.44. The number of benzene rings is 1. The van der Waals surface area contributed by atoms with E-state index in [4.69, 9.17) is 9.84 Å². The lowest BCUT2D eigenvalue weighted by atomic mass is 10.2. The Morgan fingerprint density at radius 3 is 2.67 bits per heavy atom. The van der Waals surface area contributed by atoms with Gasteiger partial charge in [0.2, 0.25) is 10.0 Å². The minimum atomic E-state index is -4.06. The Labute approximate surface area is 122 Å². The summed E-state index contributed by atoms with van der Waals surface area (Å²) in [6.07, 6.45) is -1.11. The molecule has 1 saturated heterocycles. The number of β-amino-alcohol motifs (C(OH)–C–C–N with tert-alkyl or cyclic N) is 1. The Morgan fingerprint density at radius 2 is 2.10 bits per heavy atom. The van der Waals surface area contributed by atoms with Crippen molar-refractivity contribution in [1.82, 2.24) is 4.31 Å². The van der Waals surface area contributed by atoms with Crippen LogP contribution in [0.2, 0.25) is 0 Å². The molecule has 2 rings (SSSR count). The number of aliphatic hydroxyl groups excluding tert-OH is 1.